The van der Waals surface area contributed by atoms with Crippen molar-refractivity contribution in [3.63, 3.8) is 0 Å². The molecule has 1 aliphatic rings. The molecule has 1 amide bonds. The molecule has 2 aromatic carbocycles. The summed E-state index contributed by atoms with van der Waals surface area (Å²) in [5.74, 6) is 1.47. The number of hydrogen-bond acceptors (Lipinski definition) is 5. The third-order valence-corrected chi connectivity index (χ3v) is 5.40. The van der Waals surface area contributed by atoms with E-state index in [0.29, 0.717) is 11.6 Å². The van der Waals surface area contributed by atoms with Gasteiger partial charge in [0.2, 0.25) is 5.91 Å². The number of benzene rings is 2. The molecule has 3 rings (SSSR count). The number of amides is 1. The minimum absolute atomic E-state index is 0.0105. The van der Waals surface area contributed by atoms with Gasteiger partial charge in [-0.05, 0) is 42.3 Å². The summed E-state index contributed by atoms with van der Waals surface area (Å²) < 4.78 is 10.7. The summed E-state index contributed by atoms with van der Waals surface area (Å²) in [5.41, 5.74) is 2.96. The largest absolute Gasteiger partial charge is 0.493 e. The van der Waals surface area contributed by atoms with Gasteiger partial charge in [-0.25, -0.2) is 0 Å². The first-order valence-corrected chi connectivity index (χ1v) is 10.1. The molecular weight excluding hydrogens is 390 g/mol. The first-order valence-electron chi connectivity index (χ1n) is 9.70. The highest BCUT2D eigenvalue weighted by Gasteiger charge is 2.20. The zero-order valence-electron chi connectivity index (χ0n) is 17.2. The van der Waals surface area contributed by atoms with Crippen LogP contribution >= 0.6 is 11.6 Å². The average molecular weight is 418 g/mol. The zero-order valence-corrected chi connectivity index (χ0v) is 18.0. The maximum atomic E-state index is 12.4. The molecule has 6 nitrogen and oxygen atoms in total. The van der Waals surface area contributed by atoms with Gasteiger partial charge in [-0.15, -0.1) is 0 Å². The molecule has 0 aliphatic carbocycles. The van der Waals surface area contributed by atoms with E-state index >= 15 is 0 Å². The third-order valence-electron chi connectivity index (χ3n) is 5.16. The Bertz CT molecular complexity index is 851. The van der Waals surface area contributed by atoms with Crippen molar-refractivity contribution in [3.05, 3.63) is 52.5 Å². The minimum Gasteiger partial charge on any atom is -0.493 e. The minimum atomic E-state index is -0.0105. The molecule has 1 fully saturated rings. The molecule has 7 heteroatoms. The molecule has 1 saturated heterocycles. The number of halogens is 1. The van der Waals surface area contributed by atoms with E-state index in [1.165, 1.54) is 5.56 Å². The second-order valence-electron chi connectivity index (χ2n) is 7.25. The van der Waals surface area contributed by atoms with Gasteiger partial charge < -0.3 is 14.8 Å². The smallest absolute Gasteiger partial charge is 0.238 e. The maximum Gasteiger partial charge on any atom is 0.238 e. The Hall–Kier alpha value is -2.28. The van der Waals surface area contributed by atoms with Gasteiger partial charge in [0.15, 0.2) is 11.5 Å². The Morgan fingerprint density at radius 3 is 2.38 bits per heavy atom. The molecule has 0 saturated carbocycles. The number of aryl methyl sites for hydroxylation is 1. The van der Waals surface area contributed by atoms with Crippen molar-refractivity contribution >= 4 is 23.2 Å². The lowest BCUT2D eigenvalue weighted by Crippen LogP contribution is -2.48. The maximum absolute atomic E-state index is 12.4. The van der Waals surface area contributed by atoms with E-state index in [2.05, 4.69) is 21.2 Å². The summed E-state index contributed by atoms with van der Waals surface area (Å²) in [6.45, 7) is 6.73. The van der Waals surface area contributed by atoms with Crippen molar-refractivity contribution in [2.45, 2.75) is 13.5 Å². The lowest BCUT2D eigenvalue weighted by Gasteiger charge is -2.34. The second kappa shape index (κ2) is 9.96. The van der Waals surface area contributed by atoms with Crippen LogP contribution in [0.1, 0.15) is 11.1 Å². The Morgan fingerprint density at radius 1 is 1.00 bits per heavy atom. The number of nitrogens with zero attached hydrogens (tertiary/aromatic N) is 2. The van der Waals surface area contributed by atoms with Crippen LogP contribution in [0.15, 0.2) is 36.4 Å². The molecule has 1 aliphatic heterocycles. The fourth-order valence-corrected chi connectivity index (χ4v) is 3.64. The molecule has 0 atom stereocenters. The Labute approximate surface area is 177 Å². The third kappa shape index (κ3) is 5.85. The number of methoxy groups -OCH3 is 2. The van der Waals surface area contributed by atoms with Crippen molar-refractivity contribution in [2.24, 2.45) is 0 Å². The number of piperazine rings is 1. The Kier molecular flexibility index (Phi) is 7.36. The fourth-order valence-electron chi connectivity index (χ4n) is 3.46. The van der Waals surface area contributed by atoms with Crippen LogP contribution in [0.3, 0.4) is 0 Å². The van der Waals surface area contributed by atoms with Crippen LogP contribution in [0, 0.1) is 6.92 Å². The predicted molar refractivity (Wildman–Crippen MR) is 116 cm³/mol. The summed E-state index contributed by atoms with van der Waals surface area (Å²) >= 11 is 6.03. The topological polar surface area (TPSA) is 54.0 Å². The highest BCUT2D eigenvalue weighted by Crippen LogP contribution is 2.28. The highest BCUT2D eigenvalue weighted by atomic mass is 35.5. The van der Waals surface area contributed by atoms with E-state index in [-0.39, 0.29) is 5.91 Å². The molecule has 2 aromatic rings. The fraction of sp³-hybridized carbons (Fsp3) is 0.409. The molecule has 0 spiro atoms. The predicted octanol–water partition coefficient (Wildman–Crippen LogP) is 3.42. The van der Waals surface area contributed by atoms with Crippen LogP contribution in [0.4, 0.5) is 5.69 Å². The number of nitrogens with one attached hydrogen (secondary N) is 1. The molecule has 0 aromatic heterocycles. The Balaban J connectivity index is 1.48. The van der Waals surface area contributed by atoms with E-state index in [0.717, 1.165) is 55.5 Å². The highest BCUT2D eigenvalue weighted by molar-refractivity contribution is 6.31. The van der Waals surface area contributed by atoms with E-state index in [9.17, 15) is 4.79 Å². The van der Waals surface area contributed by atoms with E-state index in [1.54, 1.807) is 20.3 Å². The second-order valence-corrected chi connectivity index (χ2v) is 7.69. The van der Waals surface area contributed by atoms with Crippen LogP contribution in [0.25, 0.3) is 0 Å². The van der Waals surface area contributed by atoms with Gasteiger partial charge in [-0.3, -0.25) is 14.6 Å². The summed E-state index contributed by atoms with van der Waals surface area (Å²) in [6.07, 6.45) is 0. The van der Waals surface area contributed by atoms with E-state index in [4.69, 9.17) is 21.1 Å². The number of rotatable bonds is 7. The van der Waals surface area contributed by atoms with Gasteiger partial charge in [0, 0.05) is 43.4 Å². The van der Waals surface area contributed by atoms with Crippen LogP contribution in [-0.2, 0) is 11.3 Å². The average Bonchev–Trinajstić information content (AvgIpc) is 2.72. The van der Waals surface area contributed by atoms with Crippen LogP contribution < -0.4 is 14.8 Å². The molecule has 0 radical (unpaired) electrons. The zero-order chi connectivity index (χ0) is 20.8. The molecule has 1 N–H and O–H groups in total. The normalized spacial score (nSPS) is 15.2. The first kappa shape index (κ1) is 21.4. The monoisotopic (exact) mass is 417 g/mol. The molecule has 0 unspecified atom stereocenters. The van der Waals surface area contributed by atoms with Crippen LogP contribution in [-0.4, -0.2) is 62.7 Å². The number of ether oxygens (including phenoxy) is 2. The number of anilines is 1. The molecule has 0 bridgehead atoms. The summed E-state index contributed by atoms with van der Waals surface area (Å²) in [7, 11) is 3.29. The molecule has 156 valence electrons. The van der Waals surface area contributed by atoms with E-state index in [1.807, 2.05) is 31.2 Å². The lowest BCUT2D eigenvalue weighted by atomic mass is 10.1. The van der Waals surface area contributed by atoms with Crippen molar-refractivity contribution < 1.29 is 14.3 Å². The quantitative estimate of drug-likeness (QED) is 0.748. The van der Waals surface area contributed by atoms with Gasteiger partial charge in [0.1, 0.15) is 0 Å². The van der Waals surface area contributed by atoms with E-state index < -0.39 is 0 Å². The van der Waals surface area contributed by atoms with Gasteiger partial charge in [-0.2, -0.15) is 0 Å². The van der Waals surface area contributed by atoms with Gasteiger partial charge >= 0.3 is 0 Å². The number of carbonyl (C=O) groups is 1. The van der Waals surface area contributed by atoms with Gasteiger partial charge in [-0.1, -0.05) is 23.7 Å². The molecular formula is C22H28ClN3O3. The van der Waals surface area contributed by atoms with Crippen molar-refractivity contribution in [3.8, 4) is 11.5 Å². The molecule has 1 heterocycles. The first-order chi connectivity index (χ1) is 14.0. The van der Waals surface area contributed by atoms with Crippen molar-refractivity contribution in [1.82, 2.24) is 9.80 Å². The van der Waals surface area contributed by atoms with Crippen molar-refractivity contribution in [1.29, 1.82) is 0 Å². The number of carbonyl (C=O) groups excluding carboxylic acids is 1. The Morgan fingerprint density at radius 2 is 1.69 bits per heavy atom. The molecule has 29 heavy (non-hydrogen) atoms. The van der Waals surface area contributed by atoms with Gasteiger partial charge in [0.05, 0.1) is 20.8 Å². The summed E-state index contributed by atoms with van der Waals surface area (Å²) in [6, 6.07) is 11.5. The SMILES string of the molecule is COc1ccc(CN2CCN(CC(=O)Nc3cc(Cl)ccc3C)CC2)cc1OC. The summed E-state index contributed by atoms with van der Waals surface area (Å²) in [5, 5.41) is 3.59. The van der Waals surface area contributed by atoms with Crippen LogP contribution in [0.5, 0.6) is 11.5 Å². The van der Waals surface area contributed by atoms with Crippen molar-refractivity contribution in [2.75, 3.05) is 52.3 Å². The number of hydrogen-bond donors (Lipinski definition) is 1. The standard InChI is InChI=1S/C22H28ClN3O3/c1-16-4-6-18(23)13-19(16)24-22(27)15-26-10-8-25(9-11-26)14-17-5-7-20(28-2)21(12-17)29-3/h4-7,12-13H,8-11,14-15H2,1-3H3,(H,24,27). The van der Waals surface area contributed by atoms with Gasteiger partial charge in [0.25, 0.3) is 0 Å². The van der Waals surface area contributed by atoms with Crippen LogP contribution in [0.2, 0.25) is 5.02 Å². The lowest BCUT2D eigenvalue weighted by molar-refractivity contribution is -0.117. The summed E-state index contributed by atoms with van der Waals surface area (Å²) in [4.78, 5) is 17.0.